The highest BCUT2D eigenvalue weighted by Gasteiger charge is 2.25. The summed E-state index contributed by atoms with van der Waals surface area (Å²) in [6.07, 6.45) is 2.15. The van der Waals surface area contributed by atoms with Gasteiger partial charge in [-0.05, 0) is 24.3 Å². The zero-order chi connectivity index (χ0) is 13.5. The number of hydrogen-bond acceptors (Lipinski definition) is 2. The first-order valence-corrected chi connectivity index (χ1v) is 6.85. The van der Waals surface area contributed by atoms with Gasteiger partial charge in [0.2, 0.25) is 0 Å². The van der Waals surface area contributed by atoms with Gasteiger partial charge >= 0.3 is 6.03 Å². The number of urea groups is 1. The van der Waals surface area contributed by atoms with Gasteiger partial charge in [-0.25, -0.2) is 4.79 Å². The molecule has 1 aliphatic rings. The fourth-order valence-electron chi connectivity index (χ4n) is 2.50. The minimum atomic E-state index is 0.0348. The van der Waals surface area contributed by atoms with Crippen LogP contribution in [0, 0.1) is 5.92 Å². The molecule has 2 rings (SSSR count). The van der Waals surface area contributed by atoms with Crippen molar-refractivity contribution in [1.82, 2.24) is 10.2 Å². The van der Waals surface area contributed by atoms with Crippen molar-refractivity contribution in [3.05, 3.63) is 35.9 Å². The lowest BCUT2D eigenvalue weighted by Gasteiger charge is -2.17. The van der Waals surface area contributed by atoms with E-state index in [0.717, 1.165) is 25.9 Å². The zero-order valence-corrected chi connectivity index (χ0v) is 11.5. The van der Waals surface area contributed by atoms with Crippen LogP contribution in [0.1, 0.15) is 12.0 Å². The van der Waals surface area contributed by atoms with Crippen LogP contribution in [0.4, 0.5) is 4.79 Å². The van der Waals surface area contributed by atoms with Crippen molar-refractivity contribution in [1.29, 1.82) is 0 Å². The molecule has 0 aliphatic carbocycles. The number of ether oxygens (including phenoxy) is 1. The minimum absolute atomic E-state index is 0.0348. The van der Waals surface area contributed by atoms with Crippen molar-refractivity contribution in [2.45, 2.75) is 12.8 Å². The summed E-state index contributed by atoms with van der Waals surface area (Å²) in [4.78, 5) is 13.8. The maximum absolute atomic E-state index is 11.9. The standard InChI is InChI=1S/C15H22N2O2/c1-19-10-8-16-15(18)17-9-7-14(12-17)11-13-5-3-2-4-6-13/h2-6,14H,7-12H2,1H3,(H,16,18). The lowest BCUT2D eigenvalue weighted by atomic mass is 9.99. The monoisotopic (exact) mass is 262 g/mol. The third kappa shape index (κ3) is 4.24. The second-order valence-corrected chi connectivity index (χ2v) is 5.02. The molecule has 1 atom stereocenters. The number of carbonyl (C=O) groups is 1. The summed E-state index contributed by atoms with van der Waals surface area (Å²) in [7, 11) is 1.64. The average molecular weight is 262 g/mol. The third-order valence-corrected chi connectivity index (χ3v) is 3.52. The highest BCUT2D eigenvalue weighted by Crippen LogP contribution is 2.20. The minimum Gasteiger partial charge on any atom is -0.383 e. The van der Waals surface area contributed by atoms with E-state index >= 15 is 0 Å². The molecule has 1 aromatic carbocycles. The SMILES string of the molecule is COCCNC(=O)N1CCC(Cc2ccccc2)C1. The Labute approximate surface area is 114 Å². The molecule has 1 aliphatic heterocycles. The fourth-order valence-corrected chi connectivity index (χ4v) is 2.50. The molecular weight excluding hydrogens is 240 g/mol. The average Bonchev–Trinajstić information content (AvgIpc) is 2.89. The van der Waals surface area contributed by atoms with Crippen molar-refractivity contribution in [3.63, 3.8) is 0 Å². The Kier molecular flexibility index (Phi) is 5.21. The maximum Gasteiger partial charge on any atom is 0.317 e. The van der Waals surface area contributed by atoms with Crippen LogP contribution in [-0.4, -0.2) is 44.3 Å². The van der Waals surface area contributed by atoms with Gasteiger partial charge in [-0.2, -0.15) is 0 Å². The molecule has 19 heavy (non-hydrogen) atoms. The van der Waals surface area contributed by atoms with Crippen LogP contribution < -0.4 is 5.32 Å². The van der Waals surface area contributed by atoms with Gasteiger partial charge in [0.05, 0.1) is 6.61 Å². The fraction of sp³-hybridized carbons (Fsp3) is 0.533. The number of hydrogen-bond donors (Lipinski definition) is 1. The molecule has 0 radical (unpaired) electrons. The second-order valence-electron chi connectivity index (χ2n) is 5.02. The molecule has 4 heteroatoms. The Morgan fingerprint density at radius 2 is 2.21 bits per heavy atom. The number of nitrogens with one attached hydrogen (secondary N) is 1. The largest absolute Gasteiger partial charge is 0.383 e. The van der Waals surface area contributed by atoms with E-state index in [1.807, 2.05) is 11.0 Å². The first kappa shape index (κ1) is 13.9. The third-order valence-electron chi connectivity index (χ3n) is 3.52. The summed E-state index contributed by atoms with van der Waals surface area (Å²) in [5.41, 5.74) is 1.36. The van der Waals surface area contributed by atoms with E-state index in [1.165, 1.54) is 5.56 Å². The molecule has 104 valence electrons. The van der Waals surface area contributed by atoms with Crippen molar-refractivity contribution >= 4 is 6.03 Å². The molecule has 0 spiro atoms. The zero-order valence-electron chi connectivity index (χ0n) is 11.5. The van der Waals surface area contributed by atoms with Gasteiger partial charge in [-0.15, -0.1) is 0 Å². The second kappa shape index (κ2) is 7.14. The van der Waals surface area contributed by atoms with Crippen molar-refractivity contribution < 1.29 is 9.53 Å². The molecule has 1 saturated heterocycles. The number of rotatable bonds is 5. The van der Waals surface area contributed by atoms with Gasteiger partial charge in [0.1, 0.15) is 0 Å². The molecular formula is C15H22N2O2. The van der Waals surface area contributed by atoms with E-state index in [9.17, 15) is 4.79 Å². The quantitative estimate of drug-likeness (QED) is 0.824. The Morgan fingerprint density at radius 3 is 2.95 bits per heavy atom. The van der Waals surface area contributed by atoms with Gasteiger partial charge in [0, 0.05) is 26.7 Å². The van der Waals surface area contributed by atoms with Crippen LogP contribution in [0.25, 0.3) is 0 Å². The highest BCUT2D eigenvalue weighted by atomic mass is 16.5. The lowest BCUT2D eigenvalue weighted by Crippen LogP contribution is -2.39. The predicted octanol–water partition coefficient (Wildman–Crippen LogP) is 1.91. The topological polar surface area (TPSA) is 41.6 Å². The Hall–Kier alpha value is -1.55. The summed E-state index contributed by atoms with van der Waals surface area (Å²) in [5.74, 6) is 0.579. The summed E-state index contributed by atoms with van der Waals surface area (Å²) in [5, 5.41) is 2.87. The van der Waals surface area contributed by atoms with Crippen LogP contribution in [0.3, 0.4) is 0 Å². The van der Waals surface area contributed by atoms with Gasteiger partial charge < -0.3 is 15.0 Å². The van der Waals surface area contributed by atoms with E-state index in [2.05, 4.69) is 29.6 Å². The number of methoxy groups -OCH3 is 1. The van der Waals surface area contributed by atoms with E-state index in [-0.39, 0.29) is 6.03 Å². The first-order chi connectivity index (χ1) is 9.29. The highest BCUT2D eigenvalue weighted by molar-refractivity contribution is 5.74. The first-order valence-electron chi connectivity index (χ1n) is 6.85. The summed E-state index contributed by atoms with van der Waals surface area (Å²) < 4.78 is 4.92. The van der Waals surface area contributed by atoms with Crippen LogP contribution >= 0.6 is 0 Å². The van der Waals surface area contributed by atoms with Gasteiger partial charge in [-0.3, -0.25) is 0 Å². The van der Waals surface area contributed by atoms with Crippen LogP contribution in [0.2, 0.25) is 0 Å². The van der Waals surface area contributed by atoms with Gasteiger partial charge in [-0.1, -0.05) is 30.3 Å². The molecule has 2 amide bonds. The number of likely N-dealkylation sites (tertiary alicyclic amines) is 1. The Bertz CT molecular complexity index is 394. The molecule has 4 nitrogen and oxygen atoms in total. The number of carbonyl (C=O) groups excluding carboxylic acids is 1. The van der Waals surface area contributed by atoms with E-state index in [0.29, 0.717) is 19.1 Å². The lowest BCUT2D eigenvalue weighted by molar-refractivity contribution is 0.184. The summed E-state index contributed by atoms with van der Waals surface area (Å²) >= 11 is 0. The maximum atomic E-state index is 11.9. The molecule has 1 unspecified atom stereocenters. The molecule has 1 fully saturated rings. The van der Waals surface area contributed by atoms with Crippen LogP contribution in [0.5, 0.6) is 0 Å². The Morgan fingerprint density at radius 1 is 1.42 bits per heavy atom. The Balaban J connectivity index is 1.75. The van der Waals surface area contributed by atoms with E-state index in [1.54, 1.807) is 7.11 Å². The van der Waals surface area contributed by atoms with Crippen molar-refractivity contribution in [2.75, 3.05) is 33.4 Å². The number of benzene rings is 1. The molecule has 1 N–H and O–H groups in total. The molecule has 0 saturated carbocycles. The smallest absolute Gasteiger partial charge is 0.317 e. The summed E-state index contributed by atoms with van der Waals surface area (Å²) in [6.45, 7) is 2.85. The normalized spacial score (nSPS) is 18.6. The molecule has 0 aromatic heterocycles. The number of amides is 2. The molecule has 1 aromatic rings. The summed E-state index contributed by atoms with van der Waals surface area (Å²) in [6, 6.07) is 10.5. The molecule has 1 heterocycles. The van der Waals surface area contributed by atoms with Crippen molar-refractivity contribution in [3.8, 4) is 0 Å². The number of nitrogens with zero attached hydrogens (tertiary/aromatic N) is 1. The van der Waals surface area contributed by atoms with E-state index in [4.69, 9.17) is 4.74 Å². The van der Waals surface area contributed by atoms with Gasteiger partial charge in [0.25, 0.3) is 0 Å². The molecule has 0 bridgehead atoms. The van der Waals surface area contributed by atoms with Crippen molar-refractivity contribution in [2.24, 2.45) is 5.92 Å². The van der Waals surface area contributed by atoms with E-state index < -0.39 is 0 Å². The van der Waals surface area contributed by atoms with Crippen LogP contribution in [-0.2, 0) is 11.2 Å². The van der Waals surface area contributed by atoms with Crippen LogP contribution in [0.15, 0.2) is 30.3 Å². The van der Waals surface area contributed by atoms with Gasteiger partial charge in [0.15, 0.2) is 0 Å². The predicted molar refractivity (Wildman–Crippen MR) is 75.1 cm³/mol.